The molecule has 0 bridgehead atoms. The maximum absolute atomic E-state index is 12.5. The molecule has 1 heterocycles. The summed E-state index contributed by atoms with van der Waals surface area (Å²) in [5.74, 6) is -1.13. The van der Waals surface area contributed by atoms with Crippen molar-refractivity contribution in [2.45, 2.75) is 25.5 Å². The predicted octanol–water partition coefficient (Wildman–Crippen LogP) is 2.09. The molecule has 1 aromatic heterocycles. The summed E-state index contributed by atoms with van der Waals surface area (Å²) in [6.07, 6.45) is 2.92. The number of nitrogens with zero attached hydrogens (tertiary/aromatic N) is 2. The van der Waals surface area contributed by atoms with E-state index in [1.54, 1.807) is 19.2 Å². The topological polar surface area (TPSA) is 90.3 Å². The van der Waals surface area contributed by atoms with E-state index in [2.05, 4.69) is 10.3 Å². The van der Waals surface area contributed by atoms with Crippen molar-refractivity contribution in [3.05, 3.63) is 51.9 Å². The van der Waals surface area contributed by atoms with Gasteiger partial charge >= 0.3 is 5.97 Å². The molecule has 0 unspecified atom stereocenters. The summed E-state index contributed by atoms with van der Waals surface area (Å²) in [5, 5.41) is 3.10. The number of hydrogen-bond acceptors (Lipinski definition) is 6. The van der Waals surface area contributed by atoms with Crippen LogP contribution in [0, 0.1) is 6.92 Å². The van der Waals surface area contributed by atoms with E-state index in [9.17, 15) is 14.4 Å². The Morgan fingerprint density at radius 3 is 2.68 bits per heavy atom. The lowest BCUT2D eigenvalue weighted by atomic mass is 10.2. The summed E-state index contributed by atoms with van der Waals surface area (Å²) in [7, 11) is 0. The van der Waals surface area contributed by atoms with Crippen molar-refractivity contribution >= 4 is 29.3 Å². The van der Waals surface area contributed by atoms with E-state index in [1.807, 2.05) is 25.1 Å². The second kappa shape index (κ2) is 8.48. The summed E-state index contributed by atoms with van der Waals surface area (Å²) in [4.78, 5) is 40.8. The van der Waals surface area contributed by atoms with Crippen LogP contribution in [0.4, 0.5) is 5.69 Å². The van der Waals surface area contributed by atoms with Crippen molar-refractivity contribution in [2.24, 2.45) is 0 Å². The minimum absolute atomic E-state index is 0.149. The van der Waals surface area contributed by atoms with Crippen molar-refractivity contribution in [3.8, 4) is 0 Å². The number of esters is 1. The first-order valence-corrected chi connectivity index (χ1v) is 8.86. The molecule has 1 amide bonds. The lowest BCUT2D eigenvalue weighted by Crippen LogP contribution is -2.33. The SMILES string of the molecule is CCOC(=O)c1cnc(SC)n(CC(=O)Nc2ccccc2C)c1=O. The molecule has 8 heteroatoms. The first-order valence-electron chi connectivity index (χ1n) is 7.64. The minimum atomic E-state index is -0.749. The van der Waals surface area contributed by atoms with E-state index in [1.165, 1.54) is 22.5 Å². The van der Waals surface area contributed by atoms with Gasteiger partial charge in [-0.3, -0.25) is 14.2 Å². The van der Waals surface area contributed by atoms with Crippen LogP contribution in [0.25, 0.3) is 0 Å². The Kier molecular flexibility index (Phi) is 6.35. The average Bonchev–Trinajstić information content (AvgIpc) is 2.58. The van der Waals surface area contributed by atoms with Crippen LogP contribution in [0.5, 0.6) is 0 Å². The highest BCUT2D eigenvalue weighted by Gasteiger charge is 2.19. The molecule has 1 aromatic carbocycles. The molecule has 0 saturated carbocycles. The molecule has 7 nitrogen and oxygen atoms in total. The molecule has 1 N–H and O–H groups in total. The molecule has 25 heavy (non-hydrogen) atoms. The number of aryl methyl sites for hydroxylation is 1. The molecule has 0 fully saturated rings. The van der Waals surface area contributed by atoms with Crippen LogP contribution in [0.2, 0.25) is 0 Å². The van der Waals surface area contributed by atoms with E-state index < -0.39 is 11.5 Å². The number of ether oxygens (including phenoxy) is 1. The lowest BCUT2D eigenvalue weighted by molar-refractivity contribution is -0.116. The fourth-order valence-corrected chi connectivity index (χ4v) is 2.70. The van der Waals surface area contributed by atoms with E-state index >= 15 is 0 Å². The van der Waals surface area contributed by atoms with Crippen molar-refractivity contribution in [3.63, 3.8) is 0 Å². The molecular formula is C17H19N3O4S. The van der Waals surface area contributed by atoms with E-state index in [-0.39, 0.29) is 24.6 Å². The summed E-state index contributed by atoms with van der Waals surface area (Å²) >= 11 is 1.21. The number of aromatic nitrogens is 2. The molecule has 0 aliphatic heterocycles. The van der Waals surface area contributed by atoms with Crippen molar-refractivity contribution < 1.29 is 14.3 Å². The fourth-order valence-electron chi connectivity index (χ4n) is 2.17. The minimum Gasteiger partial charge on any atom is -0.462 e. The van der Waals surface area contributed by atoms with Gasteiger partial charge in [0.25, 0.3) is 5.56 Å². The third-order valence-corrected chi connectivity index (χ3v) is 4.10. The molecule has 0 atom stereocenters. The molecule has 2 rings (SSSR count). The number of carbonyl (C=O) groups excluding carboxylic acids is 2. The van der Waals surface area contributed by atoms with Crippen LogP contribution in [-0.2, 0) is 16.1 Å². The molecule has 0 saturated heterocycles. The Labute approximate surface area is 149 Å². The Morgan fingerprint density at radius 1 is 1.32 bits per heavy atom. The monoisotopic (exact) mass is 361 g/mol. The van der Waals surface area contributed by atoms with E-state index in [0.717, 1.165) is 5.56 Å². The standard InChI is InChI=1S/C17H19N3O4S/c1-4-24-16(23)12-9-18-17(25-3)20(15(12)22)10-14(21)19-13-8-6-5-7-11(13)2/h5-9H,4,10H2,1-3H3,(H,19,21). The first kappa shape index (κ1) is 18.7. The van der Waals surface area contributed by atoms with Crippen molar-refractivity contribution in [2.75, 3.05) is 18.2 Å². The quantitative estimate of drug-likeness (QED) is 0.481. The highest BCUT2D eigenvalue weighted by Crippen LogP contribution is 2.14. The molecular weight excluding hydrogens is 342 g/mol. The molecule has 0 aliphatic rings. The summed E-state index contributed by atoms with van der Waals surface area (Å²) in [5.41, 5.74) is 0.786. The number of carbonyl (C=O) groups is 2. The van der Waals surface area contributed by atoms with Gasteiger partial charge in [0.05, 0.1) is 12.8 Å². The normalized spacial score (nSPS) is 10.4. The van der Waals surface area contributed by atoms with Crippen LogP contribution < -0.4 is 10.9 Å². The van der Waals surface area contributed by atoms with Crippen molar-refractivity contribution in [1.29, 1.82) is 0 Å². The third kappa shape index (κ3) is 4.48. The average molecular weight is 361 g/mol. The van der Waals surface area contributed by atoms with Gasteiger partial charge in [-0.2, -0.15) is 0 Å². The van der Waals surface area contributed by atoms with Gasteiger partial charge in [0, 0.05) is 5.69 Å². The summed E-state index contributed by atoms with van der Waals surface area (Å²) in [6.45, 7) is 3.42. The van der Waals surface area contributed by atoms with Gasteiger partial charge in [-0.15, -0.1) is 0 Å². The molecule has 2 aromatic rings. The lowest BCUT2D eigenvalue weighted by Gasteiger charge is -2.13. The van der Waals surface area contributed by atoms with Crippen LogP contribution in [0.3, 0.4) is 0 Å². The molecule has 0 aliphatic carbocycles. The first-order chi connectivity index (χ1) is 12.0. The van der Waals surface area contributed by atoms with Gasteiger partial charge in [0.1, 0.15) is 12.1 Å². The van der Waals surface area contributed by atoms with Crippen LogP contribution in [-0.4, -0.2) is 34.3 Å². The van der Waals surface area contributed by atoms with Gasteiger partial charge in [-0.1, -0.05) is 30.0 Å². The number of amides is 1. The molecule has 0 spiro atoms. The van der Waals surface area contributed by atoms with Gasteiger partial charge in [0.2, 0.25) is 5.91 Å². The smallest absolute Gasteiger partial charge is 0.345 e. The highest BCUT2D eigenvalue weighted by molar-refractivity contribution is 7.98. The maximum atomic E-state index is 12.5. The number of hydrogen-bond donors (Lipinski definition) is 1. The van der Waals surface area contributed by atoms with Crippen LogP contribution in [0.15, 0.2) is 40.4 Å². The second-order valence-electron chi connectivity index (χ2n) is 5.13. The fraction of sp³-hybridized carbons (Fsp3) is 0.294. The Hall–Kier alpha value is -2.61. The number of anilines is 1. The molecule has 132 valence electrons. The third-order valence-electron chi connectivity index (χ3n) is 3.41. The number of thioether (sulfide) groups is 1. The van der Waals surface area contributed by atoms with Crippen molar-refractivity contribution in [1.82, 2.24) is 9.55 Å². The van der Waals surface area contributed by atoms with Gasteiger partial charge < -0.3 is 10.1 Å². The number of benzene rings is 1. The Balaban J connectivity index is 2.29. The highest BCUT2D eigenvalue weighted by atomic mass is 32.2. The summed E-state index contributed by atoms with van der Waals surface area (Å²) in [6, 6.07) is 7.33. The number of para-hydroxylation sites is 1. The zero-order chi connectivity index (χ0) is 18.4. The zero-order valence-corrected chi connectivity index (χ0v) is 15.1. The van der Waals surface area contributed by atoms with E-state index in [4.69, 9.17) is 4.74 Å². The Morgan fingerprint density at radius 2 is 2.04 bits per heavy atom. The maximum Gasteiger partial charge on any atom is 0.345 e. The Bertz CT molecular complexity index is 848. The predicted molar refractivity (Wildman–Crippen MR) is 96.0 cm³/mol. The summed E-state index contributed by atoms with van der Waals surface area (Å²) < 4.78 is 6.03. The van der Waals surface area contributed by atoms with E-state index in [0.29, 0.717) is 10.8 Å². The largest absolute Gasteiger partial charge is 0.462 e. The zero-order valence-electron chi connectivity index (χ0n) is 14.2. The van der Waals surface area contributed by atoms with Gasteiger partial charge in [-0.05, 0) is 31.7 Å². The van der Waals surface area contributed by atoms with Gasteiger partial charge in [0.15, 0.2) is 5.16 Å². The second-order valence-corrected chi connectivity index (χ2v) is 5.91. The number of nitrogens with one attached hydrogen (secondary N) is 1. The van der Waals surface area contributed by atoms with Crippen LogP contribution in [0.1, 0.15) is 22.8 Å². The van der Waals surface area contributed by atoms with Crippen LogP contribution >= 0.6 is 11.8 Å². The number of rotatable bonds is 6. The molecule has 0 radical (unpaired) electrons. The van der Waals surface area contributed by atoms with Gasteiger partial charge in [-0.25, -0.2) is 9.78 Å².